The van der Waals surface area contributed by atoms with Gasteiger partial charge in [-0.05, 0) is 98.9 Å². The molecule has 0 spiro atoms. The molecule has 1 amide bonds. The Labute approximate surface area is 365 Å². The molecule has 0 radical (unpaired) electrons. The van der Waals surface area contributed by atoms with Gasteiger partial charge < -0.3 is 15.1 Å². The van der Waals surface area contributed by atoms with Crippen LogP contribution in [-0.2, 0) is 32.6 Å². The van der Waals surface area contributed by atoms with Gasteiger partial charge in [0, 0.05) is 66.7 Å². The van der Waals surface area contributed by atoms with Crippen molar-refractivity contribution >= 4 is 61.5 Å². The van der Waals surface area contributed by atoms with Crippen LogP contribution in [0.3, 0.4) is 0 Å². The molecule has 0 aromatic heterocycles. The van der Waals surface area contributed by atoms with Crippen LogP contribution in [0.15, 0.2) is 143 Å². The Bertz CT molecular complexity index is 2810. The Hall–Kier alpha value is -6.43. The van der Waals surface area contributed by atoms with E-state index in [1.54, 1.807) is 6.07 Å². The summed E-state index contributed by atoms with van der Waals surface area (Å²) in [6.45, 7) is 3.07. The maximum Gasteiger partial charge on any atom is 0.493 e. The first-order valence-electron chi connectivity index (χ1n) is 20.0. The third-order valence-corrected chi connectivity index (χ3v) is 13.6. The van der Waals surface area contributed by atoms with Crippen LogP contribution in [0.25, 0.3) is 21.9 Å². The van der Waals surface area contributed by atoms with Gasteiger partial charge in [0.2, 0.25) is 0 Å². The number of nitrogens with zero attached hydrogens (tertiary/aromatic N) is 4. The molecule has 1 fully saturated rings. The summed E-state index contributed by atoms with van der Waals surface area (Å²) in [5.74, 6) is -4.08. The standard InChI is InChI=1S/C46H40F3N5O7S2/c47-46(48,49)45(56)61-54(63(59,60)39-19-20-41(43(28-39)53(57)58)50-22-25-62-38-11-2-1-3-12-38)44(55)35-17-21-42-34(27-35)16-18-37-30-51(23-24-52(37)42)29-36-10-6-7-13-40(36)33-15-14-31-8-4-5-9-32(31)26-33/h1-15,17,19-21,26-28,37,50H,16,18,22-25,29-30H2/t37-/m1/s1. The Balaban J connectivity index is 0.987. The SMILES string of the molecule is O=C(c1ccc2c(c1)CC[C@@H]1CN(Cc3ccccc3-c3ccc4ccccc4c3)CCN21)N(OC(=O)C(F)(F)F)S(=O)(=O)c1ccc(NCCSc2ccccc2)c([N+](=O)[O-])c1. The minimum Gasteiger partial charge on any atom is -0.379 e. The van der Waals surface area contributed by atoms with Crippen molar-refractivity contribution < 1.29 is 40.9 Å². The van der Waals surface area contributed by atoms with Crippen LogP contribution in [0.5, 0.6) is 0 Å². The van der Waals surface area contributed by atoms with Gasteiger partial charge in [-0.15, -0.1) is 11.8 Å². The van der Waals surface area contributed by atoms with E-state index >= 15 is 0 Å². The molecule has 0 unspecified atom stereocenters. The number of piperazine rings is 1. The second-order valence-electron chi connectivity index (χ2n) is 15.1. The van der Waals surface area contributed by atoms with E-state index in [0.717, 1.165) is 58.9 Å². The van der Waals surface area contributed by atoms with E-state index < -0.39 is 48.1 Å². The van der Waals surface area contributed by atoms with E-state index in [-0.39, 0.29) is 23.8 Å². The van der Waals surface area contributed by atoms with Crippen molar-refractivity contribution in [2.45, 2.75) is 41.4 Å². The fourth-order valence-electron chi connectivity index (χ4n) is 8.06. The number of rotatable bonds is 12. The van der Waals surface area contributed by atoms with Gasteiger partial charge in [0.15, 0.2) is 0 Å². The number of carbonyl (C=O) groups is 2. The van der Waals surface area contributed by atoms with E-state index in [4.69, 9.17) is 0 Å². The third-order valence-electron chi connectivity index (χ3n) is 11.1. The van der Waals surface area contributed by atoms with Crippen molar-refractivity contribution in [3.8, 4) is 11.1 Å². The monoisotopic (exact) mass is 895 g/mol. The Kier molecular flexibility index (Phi) is 12.4. The van der Waals surface area contributed by atoms with Crippen molar-refractivity contribution in [1.29, 1.82) is 0 Å². The maximum absolute atomic E-state index is 13.9. The molecule has 0 bridgehead atoms. The van der Waals surface area contributed by atoms with Crippen molar-refractivity contribution in [3.05, 3.63) is 160 Å². The highest BCUT2D eigenvalue weighted by Gasteiger charge is 2.47. The molecule has 1 saturated heterocycles. The molecule has 0 aliphatic carbocycles. The summed E-state index contributed by atoms with van der Waals surface area (Å²) in [4.78, 5) is 46.1. The number of nitrogens with one attached hydrogen (secondary N) is 1. The van der Waals surface area contributed by atoms with Gasteiger partial charge in [-0.1, -0.05) is 78.9 Å². The van der Waals surface area contributed by atoms with Gasteiger partial charge in [-0.25, -0.2) is 4.79 Å². The molecule has 12 nitrogen and oxygen atoms in total. The first-order valence-corrected chi connectivity index (χ1v) is 22.5. The number of aryl methyl sites for hydroxylation is 1. The van der Waals surface area contributed by atoms with Crippen molar-refractivity contribution in [1.82, 2.24) is 9.37 Å². The molecule has 2 aliphatic heterocycles. The number of halogens is 3. The summed E-state index contributed by atoms with van der Waals surface area (Å²) in [5.41, 5.74) is 3.78. The largest absolute Gasteiger partial charge is 0.493 e. The first kappa shape index (κ1) is 43.2. The average Bonchev–Trinajstić information content (AvgIpc) is 3.29. The number of alkyl halides is 3. The van der Waals surface area contributed by atoms with Gasteiger partial charge in [-0.3, -0.25) is 19.8 Å². The number of sulfonamides is 1. The highest BCUT2D eigenvalue weighted by atomic mass is 32.2. The van der Waals surface area contributed by atoms with E-state index in [9.17, 15) is 41.3 Å². The highest BCUT2D eigenvalue weighted by molar-refractivity contribution is 7.99. The average molecular weight is 896 g/mol. The zero-order valence-electron chi connectivity index (χ0n) is 33.5. The van der Waals surface area contributed by atoms with E-state index in [0.29, 0.717) is 36.8 Å². The number of hydroxylamine groups is 1. The molecule has 2 heterocycles. The molecule has 6 aromatic carbocycles. The van der Waals surface area contributed by atoms with Gasteiger partial charge >= 0.3 is 18.1 Å². The van der Waals surface area contributed by atoms with Crippen LogP contribution >= 0.6 is 11.8 Å². The number of nitro benzene ring substituents is 1. The fourth-order valence-corrected chi connectivity index (χ4v) is 10.0. The number of anilines is 2. The molecule has 324 valence electrons. The smallest absolute Gasteiger partial charge is 0.379 e. The van der Waals surface area contributed by atoms with Gasteiger partial charge in [0.25, 0.3) is 15.7 Å². The van der Waals surface area contributed by atoms with Crippen molar-refractivity contribution in [2.75, 3.05) is 42.1 Å². The van der Waals surface area contributed by atoms with Crippen LogP contribution in [0.2, 0.25) is 0 Å². The molecular formula is C46H40F3N5O7S2. The number of thioether (sulfide) groups is 1. The zero-order valence-corrected chi connectivity index (χ0v) is 35.2. The number of fused-ring (bicyclic) bond motifs is 4. The third kappa shape index (κ3) is 9.50. The summed E-state index contributed by atoms with van der Waals surface area (Å²) in [5, 5.41) is 17.3. The molecule has 17 heteroatoms. The highest BCUT2D eigenvalue weighted by Crippen LogP contribution is 2.37. The summed E-state index contributed by atoms with van der Waals surface area (Å²) in [6.07, 6.45) is -4.54. The molecule has 1 atom stereocenters. The van der Waals surface area contributed by atoms with Crippen molar-refractivity contribution in [3.63, 3.8) is 0 Å². The Morgan fingerprint density at radius 3 is 2.40 bits per heavy atom. The van der Waals surface area contributed by atoms with Crippen LogP contribution in [0, 0.1) is 10.1 Å². The summed E-state index contributed by atoms with van der Waals surface area (Å²) >= 11 is 1.47. The fraction of sp³-hybridized carbons (Fsp3) is 0.217. The Morgan fingerprint density at radius 2 is 1.62 bits per heavy atom. The van der Waals surface area contributed by atoms with Crippen LogP contribution < -0.4 is 10.2 Å². The lowest BCUT2D eigenvalue weighted by Crippen LogP contribution is -2.54. The second kappa shape index (κ2) is 18.1. The number of carbonyl (C=O) groups excluding carboxylic acids is 2. The summed E-state index contributed by atoms with van der Waals surface area (Å²) in [7, 11) is -5.45. The molecule has 2 aliphatic rings. The predicted molar refractivity (Wildman–Crippen MR) is 235 cm³/mol. The first-order chi connectivity index (χ1) is 30.3. The molecule has 0 saturated carbocycles. The number of amides is 1. The maximum atomic E-state index is 13.9. The Morgan fingerprint density at radius 1 is 0.873 bits per heavy atom. The van der Waals surface area contributed by atoms with Gasteiger partial charge in [0.05, 0.1) is 9.82 Å². The molecule has 1 N–H and O–H groups in total. The van der Waals surface area contributed by atoms with Crippen LogP contribution in [0.4, 0.5) is 30.2 Å². The molecule has 6 aromatic rings. The van der Waals surface area contributed by atoms with Gasteiger partial charge in [-0.2, -0.15) is 21.6 Å². The second-order valence-corrected chi connectivity index (χ2v) is 18.0. The topological polar surface area (TPSA) is 142 Å². The summed E-state index contributed by atoms with van der Waals surface area (Å²) < 4.78 is 67.7. The van der Waals surface area contributed by atoms with Gasteiger partial charge in [0.1, 0.15) is 5.69 Å². The molecule has 63 heavy (non-hydrogen) atoms. The van der Waals surface area contributed by atoms with Crippen molar-refractivity contribution in [2.24, 2.45) is 0 Å². The number of benzene rings is 6. The number of hydrogen-bond acceptors (Lipinski definition) is 11. The quantitative estimate of drug-likeness (QED) is 0.0544. The van der Waals surface area contributed by atoms with E-state index in [2.05, 4.69) is 62.4 Å². The predicted octanol–water partition coefficient (Wildman–Crippen LogP) is 9.11. The molecular weight excluding hydrogens is 856 g/mol. The lowest BCUT2D eigenvalue weighted by molar-refractivity contribution is -0.384. The van der Waals surface area contributed by atoms with E-state index in [1.165, 1.54) is 34.8 Å². The number of hydrogen-bond donors (Lipinski definition) is 1. The van der Waals surface area contributed by atoms with Crippen LogP contribution in [-0.4, -0.2) is 78.7 Å². The lowest BCUT2D eigenvalue weighted by Gasteiger charge is -2.46. The number of nitro groups is 1. The lowest BCUT2D eigenvalue weighted by atomic mass is 9.92. The van der Waals surface area contributed by atoms with E-state index in [1.807, 2.05) is 54.6 Å². The molecule has 8 rings (SSSR count). The van der Waals surface area contributed by atoms with Crippen LogP contribution in [0.1, 0.15) is 27.9 Å². The summed E-state index contributed by atoms with van der Waals surface area (Å²) in [6, 6.07) is 39.3. The minimum atomic E-state index is -5.68. The normalized spacial score (nSPS) is 15.3. The zero-order chi connectivity index (χ0) is 44.3. The minimum absolute atomic E-state index is 0.0718.